The van der Waals surface area contributed by atoms with Crippen LogP contribution in [0.3, 0.4) is 0 Å². The number of nitrogens with one attached hydrogen (secondary N) is 1. The Hall–Kier alpha value is -2.64. The highest BCUT2D eigenvalue weighted by Gasteiger charge is 2.19. The van der Waals surface area contributed by atoms with Crippen LogP contribution in [0, 0.1) is 13.8 Å². The first-order valence-corrected chi connectivity index (χ1v) is 10.4. The smallest absolute Gasteiger partial charge is 0.262 e. The first-order valence-electron chi connectivity index (χ1n) is 10.0. The molecular weight excluding hydrogens is 398 g/mol. The lowest BCUT2D eigenvalue weighted by atomic mass is 10.1. The third-order valence-electron chi connectivity index (χ3n) is 5.35. The Kier molecular flexibility index (Phi) is 7.29. The van der Waals surface area contributed by atoms with Crippen molar-refractivity contribution >= 4 is 28.8 Å². The molecule has 0 radical (unpaired) electrons. The molecule has 0 aromatic heterocycles. The van der Waals surface area contributed by atoms with Gasteiger partial charge in [-0.05, 0) is 62.4 Å². The average molecular weight is 428 g/mol. The molecule has 1 amide bonds. The number of piperazine rings is 1. The van der Waals surface area contributed by atoms with Gasteiger partial charge in [-0.2, -0.15) is 0 Å². The average Bonchev–Trinajstić information content (AvgIpc) is 2.75. The van der Waals surface area contributed by atoms with Crippen molar-refractivity contribution in [1.82, 2.24) is 9.80 Å². The number of rotatable bonds is 6. The minimum Gasteiger partial charge on any atom is -0.493 e. The minimum atomic E-state index is -0.225. The molecule has 0 bridgehead atoms. The van der Waals surface area contributed by atoms with E-state index in [9.17, 15) is 4.79 Å². The summed E-state index contributed by atoms with van der Waals surface area (Å²) in [6.45, 7) is 7.76. The standard InChI is InChI=1S/C23H29N3O3S/c1-16-5-7-19(13-17(16)2)24-22(27)15-29-20-8-6-18(14-21(20)28-4)23(30)26-11-9-25(3)10-12-26/h5-8,13-14H,9-12,15H2,1-4H3,(H,24,27). The summed E-state index contributed by atoms with van der Waals surface area (Å²) in [7, 11) is 3.70. The van der Waals surface area contributed by atoms with Gasteiger partial charge in [-0.15, -0.1) is 0 Å². The van der Waals surface area contributed by atoms with E-state index in [1.165, 1.54) is 5.56 Å². The van der Waals surface area contributed by atoms with Crippen LogP contribution in [0.5, 0.6) is 11.5 Å². The molecule has 0 aliphatic carbocycles. The fourth-order valence-electron chi connectivity index (χ4n) is 3.27. The summed E-state index contributed by atoms with van der Waals surface area (Å²) in [5, 5.41) is 2.86. The van der Waals surface area contributed by atoms with E-state index >= 15 is 0 Å². The van der Waals surface area contributed by atoms with E-state index in [0.29, 0.717) is 11.5 Å². The number of nitrogens with zero attached hydrogens (tertiary/aromatic N) is 2. The number of amides is 1. The van der Waals surface area contributed by atoms with Crippen LogP contribution in [0.1, 0.15) is 16.7 Å². The lowest BCUT2D eigenvalue weighted by Crippen LogP contribution is -2.46. The van der Waals surface area contributed by atoms with Gasteiger partial charge in [-0.3, -0.25) is 4.79 Å². The molecule has 2 aromatic rings. The van der Waals surface area contributed by atoms with Crippen LogP contribution in [-0.4, -0.2) is 67.6 Å². The Balaban J connectivity index is 1.61. The Morgan fingerprint density at radius 3 is 2.43 bits per heavy atom. The van der Waals surface area contributed by atoms with E-state index < -0.39 is 0 Å². The summed E-state index contributed by atoms with van der Waals surface area (Å²) in [5.74, 6) is 0.845. The SMILES string of the molecule is COc1cc(C(=S)N2CCN(C)CC2)ccc1OCC(=O)Nc1ccc(C)c(C)c1. The van der Waals surface area contributed by atoms with Crippen molar-refractivity contribution in [2.24, 2.45) is 0 Å². The van der Waals surface area contributed by atoms with Gasteiger partial charge in [-0.1, -0.05) is 18.3 Å². The molecule has 0 spiro atoms. The lowest BCUT2D eigenvalue weighted by Gasteiger charge is -2.34. The van der Waals surface area contributed by atoms with Crippen molar-refractivity contribution in [3.8, 4) is 11.5 Å². The van der Waals surface area contributed by atoms with E-state index in [4.69, 9.17) is 21.7 Å². The molecule has 6 nitrogen and oxygen atoms in total. The number of hydrogen-bond acceptors (Lipinski definition) is 5. The Morgan fingerprint density at radius 2 is 1.77 bits per heavy atom. The molecular formula is C23H29N3O3S. The maximum atomic E-state index is 12.3. The van der Waals surface area contributed by atoms with Gasteiger partial charge in [0.05, 0.1) is 7.11 Å². The molecule has 1 aliphatic rings. The van der Waals surface area contributed by atoms with E-state index in [1.807, 2.05) is 44.2 Å². The van der Waals surface area contributed by atoms with Crippen LogP contribution >= 0.6 is 12.2 Å². The van der Waals surface area contributed by atoms with Gasteiger partial charge in [0, 0.05) is 37.4 Å². The molecule has 1 N–H and O–H groups in total. The summed E-state index contributed by atoms with van der Waals surface area (Å²) >= 11 is 5.68. The Morgan fingerprint density at radius 1 is 1.03 bits per heavy atom. The quantitative estimate of drug-likeness (QED) is 0.715. The molecule has 1 saturated heterocycles. The molecule has 1 fully saturated rings. The molecule has 2 aromatic carbocycles. The van der Waals surface area contributed by atoms with Crippen LogP contribution < -0.4 is 14.8 Å². The summed E-state index contributed by atoms with van der Waals surface area (Å²) < 4.78 is 11.2. The zero-order valence-corrected chi connectivity index (χ0v) is 18.8. The molecule has 1 heterocycles. The van der Waals surface area contributed by atoms with E-state index in [0.717, 1.165) is 48.0 Å². The first-order chi connectivity index (χ1) is 14.4. The molecule has 0 saturated carbocycles. The zero-order chi connectivity index (χ0) is 21.7. The number of carbonyl (C=O) groups is 1. The van der Waals surface area contributed by atoms with E-state index in [1.54, 1.807) is 13.2 Å². The third-order valence-corrected chi connectivity index (χ3v) is 5.84. The summed E-state index contributed by atoms with van der Waals surface area (Å²) in [6, 6.07) is 11.4. The summed E-state index contributed by atoms with van der Waals surface area (Å²) in [5.41, 5.74) is 3.98. The maximum absolute atomic E-state index is 12.3. The van der Waals surface area contributed by atoms with Gasteiger partial charge in [-0.25, -0.2) is 0 Å². The van der Waals surface area contributed by atoms with Gasteiger partial charge >= 0.3 is 0 Å². The maximum Gasteiger partial charge on any atom is 0.262 e. The number of ether oxygens (including phenoxy) is 2. The van der Waals surface area contributed by atoms with E-state index in [-0.39, 0.29) is 12.5 Å². The van der Waals surface area contributed by atoms with Gasteiger partial charge in [0.15, 0.2) is 18.1 Å². The number of aryl methyl sites for hydroxylation is 2. The van der Waals surface area contributed by atoms with Crippen LogP contribution in [-0.2, 0) is 4.79 Å². The molecule has 0 unspecified atom stereocenters. The molecule has 30 heavy (non-hydrogen) atoms. The topological polar surface area (TPSA) is 54.0 Å². The molecule has 160 valence electrons. The van der Waals surface area contributed by atoms with Crippen molar-refractivity contribution in [2.45, 2.75) is 13.8 Å². The van der Waals surface area contributed by atoms with Crippen molar-refractivity contribution in [2.75, 3.05) is 52.3 Å². The van der Waals surface area contributed by atoms with E-state index in [2.05, 4.69) is 22.2 Å². The van der Waals surface area contributed by atoms with Crippen LogP contribution in [0.4, 0.5) is 5.69 Å². The predicted molar refractivity (Wildman–Crippen MR) is 124 cm³/mol. The molecule has 3 rings (SSSR count). The molecule has 7 heteroatoms. The van der Waals surface area contributed by atoms with Crippen LogP contribution in [0.2, 0.25) is 0 Å². The minimum absolute atomic E-state index is 0.106. The Labute approximate surface area is 183 Å². The number of benzene rings is 2. The third kappa shape index (κ3) is 5.49. The van der Waals surface area contributed by atoms with Crippen molar-refractivity contribution in [3.63, 3.8) is 0 Å². The Bertz CT molecular complexity index is 924. The van der Waals surface area contributed by atoms with Crippen LogP contribution in [0.15, 0.2) is 36.4 Å². The fourth-order valence-corrected chi connectivity index (χ4v) is 3.58. The first kappa shape index (κ1) is 22.1. The lowest BCUT2D eigenvalue weighted by molar-refractivity contribution is -0.118. The highest BCUT2D eigenvalue weighted by molar-refractivity contribution is 7.80. The van der Waals surface area contributed by atoms with Gasteiger partial charge in [0.1, 0.15) is 4.99 Å². The summed E-state index contributed by atoms with van der Waals surface area (Å²) in [6.07, 6.45) is 0. The highest BCUT2D eigenvalue weighted by atomic mass is 32.1. The van der Waals surface area contributed by atoms with Gasteiger partial charge in [0.25, 0.3) is 5.91 Å². The van der Waals surface area contributed by atoms with Crippen LogP contribution in [0.25, 0.3) is 0 Å². The van der Waals surface area contributed by atoms with Gasteiger partial charge < -0.3 is 24.6 Å². The molecule has 0 atom stereocenters. The van der Waals surface area contributed by atoms with Gasteiger partial charge in [0.2, 0.25) is 0 Å². The second-order valence-corrected chi connectivity index (χ2v) is 7.98. The normalized spacial score (nSPS) is 14.3. The number of thiocarbonyl (C=S) groups is 1. The van der Waals surface area contributed by atoms with Crippen molar-refractivity contribution < 1.29 is 14.3 Å². The molecule has 1 aliphatic heterocycles. The fraction of sp³-hybridized carbons (Fsp3) is 0.391. The predicted octanol–water partition coefficient (Wildman–Crippen LogP) is 3.25. The number of likely N-dealkylation sites (N-methyl/N-ethyl adjacent to an activating group) is 1. The van der Waals surface area contributed by atoms with Crippen molar-refractivity contribution in [1.29, 1.82) is 0 Å². The number of carbonyl (C=O) groups excluding carboxylic acids is 1. The van der Waals surface area contributed by atoms with Crippen molar-refractivity contribution in [3.05, 3.63) is 53.1 Å². The highest BCUT2D eigenvalue weighted by Crippen LogP contribution is 2.29. The summed E-state index contributed by atoms with van der Waals surface area (Å²) in [4.78, 5) is 17.6. The number of hydrogen-bond donors (Lipinski definition) is 1. The number of methoxy groups -OCH3 is 1. The zero-order valence-electron chi connectivity index (χ0n) is 18.0. The second-order valence-electron chi connectivity index (χ2n) is 7.60. The largest absolute Gasteiger partial charge is 0.493 e. The second kappa shape index (κ2) is 9.91. The number of anilines is 1. The monoisotopic (exact) mass is 427 g/mol.